The molecule has 0 saturated carbocycles. The summed E-state index contributed by atoms with van der Waals surface area (Å²) in [5, 5.41) is 0. The first-order valence-electron chi connectivity index (χ1n) is 4.63. The molecule has 0 aromatic heterocycles. The number of hydrogen-bond acceptors (Lipinski definition) is 4. The van der Waals surface area contributed by atoms with E-state index in [-0.39, 0.29) is 12.0 Å². The highest BCUT2D eigenvalue weighted by atomic mass is 32.1. The second kappa shape index (κ2) is 6.73. The van der Waals surface area contributed by atoms with Crippen LogP contribution in [0.1, 0.15) is 20.3 Å². The van der Waals surface area contributed by atoms with E-state index in [1.165, 1.54) is 7.11 Å². The maximum Gasteiger partial charge on any atom is 0.322 e. The van der Waals surface area contributed by atoms with E-state index in [2.05, 4.69) is 4.74 Å². The molecule has 1 atom stereocenters. The minimum absolute atomic E-state index is 0.255. The van der Waals surface area contributed by atoms with Crippen LogP contribution in [0.15, 0.2) is 0 Å². The summed E-state index contributed by atoms with van der Waals surface area (Å²) in [7, 11) is 1.38. The van der Waals surface area contributed by atoms with Gasteiger partial charge in [-0.3, -0.25) is 9.69 Å². The Morgan fingerprint density at radius 1 is 1.64 bits per heavy atom. The average Bonchev–Trinajstić information content (AvgIpc) is 2.14. The van der Waals surface area contributed by atoms with Gasteiger partial charge in [-0.05, 0) is 19.9 Å². The van der Waals surface area contributed by atoms with Gasteiger partial charge in [-0.1, -0.05) is 19.1 Å². The summed E-state index contributed by atoms with van der Waals surface area (Å²) >= 11 is 4.81. The number of thiocarbonyl (C=S) groups is 1. The van der Waals surface area contributed by atoms with Crippen LogP contribution in [-0.4, -0.2) is 42.1 Å². The highest BCUT2D eigenvalue weighted by molar-refractivity contribution is 7.80. The molecule has 0 radical (unpaired) electrons. The lowest BCUT2D eigenvalue weighted by Gasteiger charge is -2.25. The van der Waals surface area contributed by atoms with E-state index in [4.69, 9.17) is 18.0 Å². The molecule has 0 bridgehead atoms. The van der Waals surface area contributed by atoms with E-state index in [1.54, 1.807) is 6.92 Å². The molecule has 4 nitrogen and oxygen atoms in total. The molecule has 0 amide bonds. The summed E-state index contributed by atoms with van der Waals surface area (Å²) in [4.78, 5) is 13.6. The largest absolute Gasteiger partial charge is 0.468 e. The zero-order chi connectivity index (χ0) is 11.1. The van der Waals surface area contributed by atoms with Gasteiger partial charge in [0.1, 0.15) is 6.04 Å². The fourth-order valence-electron chi connectivity index (χ4n) is 1.22. The van der Waals surface area contributed by atoms with E-state index in [0.717, 1.165) is 13.0 Å². The predicted octanol–water partition coefficient (Wildman–Crippen LogP) is 0.546. The van der Waals surface area contributed by atoms with Gasteiger partial charge in [-0.2, -0.15) is 0 Å². The highest BCUT2D eigenvalue weighted by Gasteiger charge is 2.21. The Morgan fingerprint density at radius 2 is 2.21 bits per heavy atom. The van der Waals surface area contributed by atoms with Crippen molar-refractivity contribution in [3.05, 3.63) is 0 Å². The molecule has 1 unspecified atom stereocenters. The molecule has 0 aliphatic rings. The van der Waals surface area contributed by atoms with Crippen LogP contribution in [0.25, 0.3) is 0 Å². The normalized spacial score (nSPS) is 12.6. The summed E-state index contributed by atoms with van der Waals surface area (Å²) < 4.78 is 4.66. The zero-order valence-corrected chi connectivity index (χ0v) is 9.76. The molecule has 14 heavy (non-hydrogen) atoms. The lowest BCUT2D eigenvalue weighted by Crippen LogP contribution is -2.44. The summed E-state index contributed by atoms with van der Waals surface area (Å²) in [6.07, 6.45) is 0.948. The number of esters is 1. The summed E-state index contributed by atoms with van der Waals surface area (Å²) in [5.41, 5.74) is 5.44. The number of ether oxygens (including phenoxy) is 1. The average molecular weight is 218 g/mol. The smallest absolute Gasteiger partial charge is 0.322 e. The molecule has 0 aliphatic heterocycles. The quantitative estimate of drug-likeness (QED) is 0.521. The number of rotatable bonds is 6. The third-order valence-electron chi connectivity index (χ3n) is 1.96. The molecular formula is C9H18N2O2S. The summed E-state index contributed by atoms with van der Waals surface area (Å²) in [6.45, 7) is 5.07. The van der Waals surface area contributed by atoms with Crippen molar-refractivity contribution in [2.75, 3.05) is 20.2 Å². The second-order valence-electron chi connectivity index (χ2n) is 3.14. The topological polar surface area (TPSA) is 55.6 Å². The number of methoxy groups -OCH3 is 1. The molecule has 0 fully saturated rings. The van der Waals surface area contributed by atoms with Crippen molar-refractivity contribution < 1.29 is 9.53 Å². The monoisotopic (exact) mass is 218 g/mol. The molecule has 2 N–H and O–H groups in total. The van der Waals surface area contributed by atoms with E-state index in [0.29, 0.717) is 11.5 Å². The lowest BCUT2D eigenvalue weighted by atomic mass is 10.2. The van der Waals surface area contributed by atoms with Gasteiger partial charge in [0.05, 0.1) is 12.1 Å². The minimum atomic E-state index is -0.290. The first kappa shape index (κ1) is 13.3. The van der Waals surface area contributed by atoms with Crippen LogP contribution in [0, 0.1) is 0 Å². The molecular weight excluding hydrogens is 200 g/mol. The fraction of sp³-hybridized carbons (Fsp3) is 0.778. The maximum absolute atomic E-state index is 11.3. The molecule has 5 heteroatoms. The van der Waals surface area contributed by atoms with Crippen molar-refractivity contribution in [1.29, 1.82) is 0 Å². The Bertz CT molecular complexity index is 209. The van der Waals surface area contributed by atoms with Gasteiger partial charge >= 0.3 is 5.97 Å². The number of nitrogens with zero attached hydrogens (tertiary/aromatic N) is 1. The Hall–Kier alpha value is -0.680. The van der Waals surface area contributed by atoms with Crippen LogP contribution in [-0.2, 0) is 9.53 Å². The molecule has 0 aromatic rings. The predicted molar refractivity (Wildman–Crippen MR) is 60.1 cm³/mol. The van der Waals surface area contributed by atoms with Gasteiger partial charge in [-0.15, -0.1) is 0 Å². The Morgan fingerprint density at radius 3 is 2.57 bits per heavy atom. The maximum atomic E-state index is 11.3. The SMILES string of the molecule is CCCN(CC(N)=S)C(C)C(=O)OC. The van der Waals surface area contributed by atoms with Crippen LogP contribution in [0.2, 0.25) is 0 Å². The first-order valence-corrected chi connectivity index (χ1v) is 5.03. The van der Waals surface area contributed by atoms with Crippen LogP contribution in [0.4, 0.5) is 0 Å². The number of hydrogen-bond donors (Lipinski definition) is 1. The molecule has 0 spiro atoms. The lowest BCUT2D eigenvalue weighted by molar-refractivity contribution is -0.146. The van der Waals surface area contributed by atoms with Crippen LogP contribution >= 0.6 is 12.2 Å². The van der Waals surface area contributed by atoms with Gasteiger partial charge < -0.3 is 10.5 Å². The second-order valence-corrected chi connectivity index (χ2v) is 3.66. The third-order valence-corrected chi connectivity index (χ3v) is 2.09. The number of carbonyl (C=O) groups is 1. The van der Waals surface area contributed by atoms with E-state index in [9.17, 15) is 4.79 Å². The van der Waals surface area contributed by atoms with Crippen LogP contribution in [0.5, 0.6) is 0 Å². The molecule has 0 rings (SSSR count). The fourth-order valence-corrected chi connectivity index (χ4v) is 1.38. The van der Waals surface area contributed by atoms with Crippen molar-refractivity contribution in [3.8, 4) is 0 Å². The van der Waals surface area contributed by atoms with Crippen molar-refractivity contribution in [2.45, 2.75) is 26.3 Å². The Labute approximate surface area is 90.4 Å². The van der Waals surface area contributed by atoms with Gasteiger partial charge in [0.15, 0.2) is 0 Å². The van der Waals surface area contributed by atoms with Gasteiger partial charge in [-0.25, -0.2) is 0 Å². The summed E-state index contributed by atoms with van der Waals surface area (Å²) in [6, 6.07) is -0.290. The van der Waals surface area contributed by atoms with Crippen molar-refractivity contribution >= 4 is 23.2 Å². The number of nitrogens with two attached hydrogens (primary N) is 1. The summed E-state index contributed by atoms with van der Waals surface area (Å²) in [5.74, 6) is -0.255. The van der Waals surface area contributed by atoms with Crippen molar-refractivity contribution in [3.63, 3.8) is 0 Å². The Kier molecular flexibility index (Phi) is 6.40. The van der Waals surface area contributed by atoms with Crippen LogP contribution in [0.3, 0.4) is 0 Å². The minimum Gasteiger partial charge on any atom is -0.468 e. The molecule has 82 valence electrons. The Balaban J connectivity index is 4.31. The van der Waals surface area contributed by atoms with Gasteiger partial charge in [0.2, 0.25) is 0 Å². The number of carbonyl (C=O) groups excluding carboxylic acids is 1. The van der Waals surface area contributed by atoms with E-state index < -0.39 is 0 Å². The molecule has 0 saturated heterocycles. The highest BCUT2D eigenvalue weighted by Crippen LogP contribution is 2.02. The van der Waals surface area contributed by atoms with Crippen molar-refractivity contribution in [1.82, 2.24) is 4.90 Å². The third kappa shape index (κ3) is 4.53. The van der Waals surface area contributed by atoms with Gasteiger partial charge in [0.25, 0.3) is 0 Å². The zero-order valence-electron chi connectivity index (χ0n) is 8.95. The molecule has 0 heterocycles. The first-order chi connectivity index (χ1) is 6.52. The molecule has 0 aliphatic carbocycles. The standard InChI is InChI=1S/C9H18N2O2S/c1-4-5-11(6-8(10)14)7(2)9(12)13-3/h7H,4-6H2,1-3H3,(H2,10,14). The molecule has 0 aromatic carbocycles. The van der Waals surface area contributed by atoms with E-state index in [1.807, 2.05) is 11.8 Å². The van der Waals surface area contributed by atoms with Crippen molar-refractivity contribution in [2.24, 2.45) is 5.73 Å². The van der Waals surface area contributed by atoms with Gasteiger partial charge in [0, 0.05) is 6.54 Å². The van der Waals surface area contributed by atoms with E-state index >= 15 is 0 Å². The van der Waals surface area contributed by atoms with Crippen LogP contribution < -0.4 is 5.73 Å².